The van der Waals surface area contributed by atoms with E-state index in [4.69, 9.17) is 19.9 Å². The summed E-state index contributed by atoms with van der Waals surface area (Å²) in [5.74, 6) is 0.594. The van der Waals surface area contributed by atoms with Gasteiger partial charge < -0.3 is 42.8 Å². The molecule has 2 aliphatic rings. The van der Waals surface area contributed by atoms with Gasteiger partial charge in [0.1, 0.15) is 23.0 Å². The second kappa shape index (κ2) is 14.5. The van der Waals surface area contributed by atoms with E-state index < -0.39 is 0 Å². The molecular weight excluding hydrogens is 739 g/mol. The molecule has 0 unspecified atom stereocenters. The van der Waals surface area contributed by atoms with Crippen molar-refractivity contribution < 1.29 is 49.9 Å². The molecule has 0 fully saturated rings. The Morgan fingerprint density at radius 1 is 0.315 bits per heavy atom. The topological polar surface area (TPSA) is 135 Å². The van der Waals surface area contributed by atoms with E-state index in [-0.39, 0.29) is 52.5 Å². The Hall–Kier alpha value is -6.51. The van der Waals surface area contributed by atoms with Crippen LogP contribution in [0, 0.1) is 0 Å². The summed E-state index contributed by atoms with van der Waals surface area (Å²) in [6.07, 6.45) is 7.82. The van der Waals surface area contributed by atoms with Gasteiger partial charge in [0.15, 0.2) is 0 Å². The van der Waals surface area contributed by atoms with E-state index in [1.54, 1.807) is 48.5 Å². The number of benzene rings is 4. The number of aromatic hydroxyl groups is 4. The zero-order chi connectivity index (χ0) is 35.3. The molecular formula is C44H28ClMnN4O4. The Morgan fingerprint density at radius 2 is 0.519 bits per heavy atom. The van der Waals surface area contributed by atoms with Crippen molar-refractivity contribution in [1.82, 2.24) is 19.9 Å². The Morgan fingerprint density at radius 3 is 0.722 bits per heavy atom. The number of aromatic nitrogens is 4. The van der Waals surface area contributed by atoms with Crippen molar-refractivity contribution in [2.45, 2.75) is 0 Å². The largest absolute Gasteiger partial charge is 3.00 e. The molecule has 8 bridgehead atoms. The average Bonchev–Trinajstić information content (AvgIpc) is 3.99. The maximum Gasteiger partial charge on any atom is 3.00 e. The predicted molar refractivity (Wildman–Crippen MR) is 205 cm³/mol. The summed E-state index contributed by atoms with van der Waals surface area (Å²) in [5, 5.41) is 40.6. The van der Waals surface area contributed by atoms with E-state index in [2.05, 4.69) is 0 Å². The zero-order valence-corrected chi connectivity index (χ0v) is 30.1. The number of hydrogen-bond donors (Lipinski definition) is 4. The summed E-state index contributed by atoms with van der Waals surface area (Å²) in [4.78, 5) is 20.8. The van der Waals surface area contributed by atoms with Crippen LogP contribution in [-0.4, -0.2) is 30.4 Å². The van der Waals surface area contributed by atoms with Gasteiger partial charge in [-0.3, -0.25) is 0 Å². The van der Waals surface area contributed by atoms with Crippen LogP contribution in [0.25, 0.3) is 90.9 Å². The first-order valence-corrected chi connectivity index (χ1v) is 16.6. The third-order valence-electron chi connectivity index (χ3n) is 9.23. The van der Waals surface area contributed by atoms with Gasteiger partial charge in [-0.25, -0.2) is 9.97 Å². The predicted octanol–water partition coefficient (Wildman–Crippen LogP) is 6.41. The molecule has 2 aliphatic heterocycles. The third kappa shape index (κ3) is 6.52. The fourth-order valence-electron chi connectivity index (χ4n) is 6.78. The summed E-state index contributed by atoms with van der Waals surface area (Å²) in [7, 11) is 0. The molecule has 0 saturated carbocycles. The first-order chi connectivity index (χ1) is 25.4. The minimum absolute atomic E-state index is 0. The van der Waals surface area contributed by atoms with Crippen LogP contribution in [0.5, 0.6) is 23.0 Å². The van der Waals surface area contributed by atoms with Crippen molar-refractivity contribution in [3.05, 3.63) is 144 Å². The average molecular weight is 767 g/mol. The van der Waals surface area contributed by atoms with Gasteiger partial charge >= 0.3 is 17.1 Å². The molecule has 0 amide bonds. The summed E-state index contributed by atoms with van der Waals surface area (Å²) in [6, 6.07) is 35.7. The summed E-state index contributed by atoms with van der Waals surface area (Å²) >= 11 is 0. The van der Waals surface area contributed by atoms with Crippen LogP contribution in [0.15, 0.2) is 121 Å². The number of fused-ring (bicyclic) bond motifs is 8. The fourth-order valence-corrected chi connectivity index (χ4v) is 6.78. The van der Waals surface area contributed by atoms with E-state index >= 15 is 0 Å². The van der Waals surface area contributed by atoms with Gasteiger partial charge in [-0.2, -0.15) is 0 Å². The van der Waals surface area contributed by atoms with Crippen molar-refractivity contribution in [2.75, 3.05) is 0 Å². The Bertz CT molecular complexity index is 2380. The SMILES string of the molecule is Oc1ccc(-c2c3nc(c(-c4ccc(O)cc4)c4ccc([n-]4)c(-c4ccc(O)cc4)c4nc(c(-c5ccc(O)cc5)c5ccc2[n-]5)C=C4)C=C3)cc1.[Cl-].[Mn+3]. The Labute approximate surface area is 326 Å². The first kappa shape index (κ1) is 35.9. The maximum atomic E-state index is 10.2. The summed E-state index contributed by atoms with van der Waals surface area (Å²) in [5.41, 5.74) is 11.8. The molecule has 7 aromatic rings. The maximum absolute atomic E-state index is 10.2. The van der Waals surface area contributed by atoms with Gasteiger partial charge in [-0.15, -0.1) is 22.1 Å². The van der Waals surface area contributed by atoms with E-state index in [0.717, 1.165) is 44.5 Å². The third-order valence-corrected chi connectivity index (χ3v) is 9.23. The van der Waals surface area contributed by atoms with Crippen LogP contribution in [0.1, 0.15) is 22.8 Å². The molecule has 8 nitrogen and oxygen atoms in total. The van der Waals surface area contributed by atoms with Gasteiger partial charge in [0.2, 0.25) is 0 Å². The summed E-state index contributed by atoms with van der Waals surface area (Å²) < 4.78 is 0. The molecule has 4 aromatic carbocycles. The second-order valence-corrected chi connectivity index (χ2v) is 12.5. The quantitative estimate of drug-likeness (QED) is 0.151. The molecule has 0 radical (unpaired) electrons. The molecule has 262 valence electrons. The van der Waals surface area contributed by atoms with Gasteiger partial charge in [-0.05, 0) is 117 Å². The molecule has 4 N–H and O–H groups in total. The Balaban J connectivity index is 0.00000225. The number of phenolic OH excluding ortho intramolecular Hbond substituents is 4. The van der Waals surface area contributed by atoms with E-state index in [1.165, 1.54) is 0 Å². The minimum Gasteiger partial charge on any atom is -1.00 e. The van der Waals surface area contributed by atoms with Gasteiger partial charge in [0.05, 0.1) is 22.8 Å². The molecule has 5 heterocycles. The van der Waals surface area contributed by atoms with Crippen molar-refractivity contribution in [3.63, 3.8) is 0 Å². The molecule has 0 spiro atoms. The number of rotatable bonds is 4. The van der Waals surface area contributed by atoms with Crippen LogP contribution in [0.2, 0.25) is 0 Å². The van der Waals surface area contributed by atoms with E-state index in [1.807, 2.05) is 97.1 Å². The van der Waals surface area contributed by atoms with Gasteiger partial charge in [0.25, 0.3) is 0 Å². The molecule has 9 rings (SSSR count). The molecule has 3 aromatic heterocycles. The molecule has 10 heteroatoms. The number of halogens is 1. The molecule has 0 atom stereocenters. The van der Waals surface area contributed by atoms with E-state index in [0.29, 0.717) is 44.8 Å². The standard InChI is InChI=1S/C44H28N4O4.ClH.Mn/c49-29-9-1-25(2-10-29)41-33-17-19-35(45-33)42(26-3-11-30(50)12-4-26)37-21-23-39(47-37)44(28-7-15-32(52)16-8-28)40-24-22-38(48-40)43(36-20-18-34(41)46-36)27-5-13-31(51)14-6-27;;/h1-24H,(H4-2,45,46,47,48,49,50,51,52);1H;/q-2;;+3/p-1. The fraction of sp³-hybridized carbons (Fsp3) is 0. The Kier molecular flexibility index (Phi) is 9.62. The van der Waals surface area contributed by atoms with Crippen molar-refractivity contribution >= 4 is 46.4 Å². The zero-order valence-electron chi connectivity index (χ0n) is 28.2. The summed E-state index contributed by atoms with van der Waals surface area (Å²) in [6.45, 7) is 0. The van der Waals surface area contributed by atoms with Crippen LogP contribution in [0.3, 0.4) is 0 Å². The van der Waals surface area contributed by atoms with Gasteiger partial charge in [0, 0.05) is 0 Å². The minimum atomic E-state index is 0. The molecule has 0 aliphatic carbocycles. The smallest absolute Gasteiger partial charge is 1.00 e. The van der Waals surface area contributed by atoms with Crippen molar-refractivity contribution in [1.29, 1.82) is 0 Å². The van der Waals surface area contributed by atoms with Crippen molar-refractivity contribution in [2.24, 2.45) is 0 Å². The number of hydrogen-bond acceptors (Lipinski definition) is 6. The molecule has 54 heavy (non-hydrogen) atoms. The van der Waals surface area contributed by atoms with Crippen LogP contribution in [0.4, 0.5) is 0 Å². The second-order valence-electron chi connectivity index (χ2n) is 12.5. The monoisotopic (exact) mass is 766 g/mol. The van der Waals surface area contributed by atoms with E-state index in [9.17, 15) is 20.4 Å². The van der Waals surface area contributed by atoms with Crippen LogP contribution < -0.4 is 22.4 Å². The van der Waals surface area contributed by atoms with Gasteiger partial charge in [-0.1, -0.05) is 72.8 Å². The van der Waals surface area contributed by atoms with Crippen LogP contribution >= 0.6 is 0 Å². The first-order valence-electron chi connectivity index (χ1n) is 16.6. The normalized spacial score (nSPS) is 11.6. The molecule has 0 saturated heterocycles. The van der Waals surface area contributed by atoms with Crippen LogP contribution in [-0.2, 0) is 17.1 Å². The van der Waals surface area contributed by atoms with Crippen molar-refractivity contribution in [3.8, 4) is 67.5 Å². The number of nitrogens with zero attached hydrogens (tertiary/aromatic N) is 4. The number of phenols is 4.